The van der Waals surface area contributed by atoms with Crippen molar-refractivity contribution in [1.29, 1.82) is 0 Å². The maximum atomic E-state index is 13.3. The molecule has 1 aliphatic heterocycles. The first-order valence-electron chi connectivity index (χ1n) is 5.82. The third kappa shape index (κ3) is 1.96. The molecule has 0 fully saturated rings. The lowest BCUT2D eigenvalue weighted by Gasteiger charge is -2.07. The fraction of sp³-hybridized carbons (Fsp3) is 0.143. The van der Waals surface area contributed by atoms with E-state index in [-0.39, 0.29) is 18.0 Å². The van der Waals surface area contributed by atoms with E-state index in [4.69, 9.17) is 5.73 Å². The van der Waals surface area contributed by atoms with Crippen molar-refractivity contribution in [2.45, 2.75) is 13.3 Å². The molecule has 3 nitrogen and oxygen atoms in total. The van der Waals surface area contributed by atoms with Gasteiger partial charge in [-0.05, 0) is 30.2 Å². The first-order chi connectivity index (χ1) is 9.06. The van der Waals surface area contributed by atoms with Gasteiger partial charge in [0.15, 0.2) is 5.78 Å². The molecule has 0 amide bonds. The van der Waals surface area contributed by atoms with Gasteiger partial charge in [-0.1, -0.05) is 12.1 Å². The van der Waals surface area contributed by atoms with Crippen LogP contribution in [-0.2, 0) is 0 Å². The van der Waals surface area contributed by atoms with Gasteiger partial charge in [0.25, 0.3) is 0 Å². The molecule has 0 aliphatic carbocycles. The van der Waals surface area contributed by atoms with E-state index in [9.17, 15) is 9.18 Å². The summed E-state index contributed by atoms with van der Waals surface area (Å²) < 4.78 is 13.3. The van der Waals surface area contributed by atoms with Gasteiger partial charge in [-0.2, -0.15) is 0 Å². The minimum absolute atomic E-state index is 0.0149. The Balaban J connectivity index is 2.21. The molecule has 1 aromatic carbocycles. The summed E-state index contributed by atoms with van der Waals surface area (Å²) in [6, 6.07) is 6.34. The van der Waals surface area contributed by atoms with Crippen molar-refractivity contribution in [1.82, 2.24) is 0 Å². The van der Waals surface area contributed by atoms with Crippen LogP contribution in [0.5, 0.6) is 0 Å². The summed E-state index contributed by atoms with van der Waals surface area (Å²) in [4.78, 5) is 17.1. The number of fused-ring (bicyclic) bond motifs is 1. The number of nitrogens with zero attached hydrogens (tertiary/aromatic N) is 1. The average molecular weight is 274 g/mol. The number of carbonyl (C=O) groups excluding carboxylic acids is 1. The Kier molecular flexibility index (Phi) is 2.71. The SMILES string of the molecule is Cc1c(-c2cccc(F)c2)sc2c1C(=O)CC(N)=N2. The third-order valence-electron chi connectivity index (χ3n) is 3.08. The van der Waals surface area contributed by atoms with Gasteiger partial charge in [-0.25, -0.2) is 9.38 Å². The second-order valence-electron chi connectivity index (χ2n) is 4.45. The lowest BCUT2D eigenvalue weighted by molar-refractivity contribution is 0.0999. The molecule has 0 spiro atoms. The van der Waals surface area contributed by atoms with Gasteiger partial charge in [0.05, 0.1) is 12.0 Å². The number of nitrogens with two attached hydrogens (primary N) is 1. The van der Waals surface area contributed by atoms with Crippen molar-refractivity contribution in [2.75, 3.05) is 0 Å². The predicted molar refractivity (Wildman–Crippen MR) is 74.7 cm³/mol. The zero-order valence-corrected chi connectivity index (χ0v) is 11.1. The number of hydrogen-bond donors (Lipinski definition) is 1. The second kappa shape index (κ2) is 4.28. The Morgan fingerprint density at radius 1 is 1.42 bits per heavy atom. The number of amidine groups is 1. The molecular weight excluding hydrogens is 263 g/mol. The fourth-order valence-corrected chi connectivity index (χ4v) is 3.46. The van der Waals surface area contributed by atoms with Crippen LogP contribution in [0, 0.1) is 12.7 Å². The summed E-state index contributed by atoms with van der Waals surface area (Å²) in [6.45, 7) is 1.87. The predicted octanol–water partition coefficient (Wildman–Crippen LogP) is 3.44. The maximum Gasteiger partial charge on any atom is 0.173 e. The molecule has 0 radical (unpaired) electrons. The second-order valence-corrected chi connectivity index (χ2v) is 5.45. The number of hydrogen-bond acceptors (Lipinski definition) is 4. The van der Waals surface area contributed by atoms with Crippen LogP contribution in [-0.4, -0.2) is 11.6 Å². The first kappa shape index (κ1) is 12.0. The quantitative estimate of drug-likeness (QED) is 0.866. The lowest BCUT2D eigenvalue weighted by atomic mass is 10.0. The van der Waals surface area contributed by atoms with Gasteiger partial charge in [-0.15, -0.1) is 11.3 Å². The molecule has 0 bridgehead atoms. The molecule has 0 unspecified atom stereocenters. The minimum Gasteiger partial charge on any atom is -0.387 e. The molecule has 3 rings (SSSR count). The van der Waals surface area contributed by atoms with Gasteiger partial charge in [0.2, 0.25) is 0 Å². The number of carbonyl (C=O) groups is 1. The number of Topliss-reactive ketones (excluding diaryl/α,β-unsaturated/α-hetero) is 1. The van der Waals surface area contributed by atoms with E-state index in [0.717, 1.165) is 16.0 Å². The van der Waals surface area contributed by atoms with E-state index >= 15 is 0 Å². The summed E-state index contributed by atoms with van der Waals surface area (Å²) in [7, 11) is 0. The summed E-state index contributed by atoms with van der Waals surface area (Å²) >= 11 is 1.38. The summed E-state index contributed by atoms with van der Waals surface area (Å²) in [5.41, 5.74) is 7.88. The van der Waals surface area contributed by atoms with Gasteiger partial charge < -0.3 is 5.73 Å². The monoisotopic (exact) mass is 274 g/mol. The molecule has 96 valence electrons. The van der Waals surface area contributed by atoms with E-state index < -0.39 is 0 Å². The van der Waals surface area contributed by atoms with Crippen LogP contribution < -0.4 is 5.73 Å². The van der Waals surface area contributed by atoms with Crippen molar-refractivity contribution in [3.63, 3.8) is 0 Å². The van der Waals surface area contributed by atoms with E-state index in [0.29, 0.717) is 16.4 Å². The van der Waals surface area contributed by atoms with Crippen molar-refractivity contribution >= 4 is 28.0 Å². The molecule has 19 heavy (non-hydrogen) atoms. The Morgan fingerprint density at radius 3 is 2.95 bits per heavy atom. The third-order valence-corrected chi connectivity index (χ3v) is 4.32. The van der Waals surface area contributed by atoms with E-state index in [1.165, 1.54) is 23.5 Å². The number of thiophene rings is 1. The summed E-state index contributed by atoms with van der Waals surface area (Å²) in [5, 5.41) is 0.630. The van der Waals surface area contributed by atoms with Crippen molar-refractivity contribution in [3.05, 3.63) is 41.2 Å². The number of benzene rings is 1. The topological polar surface area (TPSA) is 55.5 Å². The Morgan fingerprint density at radius 2 is 2.21 bits per heavy atom. The molecular formula is C14H11FN2OS. The molecule has 2 heterocycles. The van der Waals surface area contributed by atoms with Crippen LogP contribution in [0.1, 0.15) is 22.3 Å². The summed E-state index contributed by atoms with van der Waals surface area (Å²) in [5.74, 6) is 0.0288. The number of halogens is 1. The van der Waals surface area contributed by atoms with Gasteiger partial charge in [0, 0.05) is 4.88 Å². The molecule has 1 aliphatic rings. The highest BCUT2D eigenvalue weighted by molar-refractivity contribution is 7.20. The minimum atomic E-state index is -0.294. The number of aliphatic imine (C=N–C) groups is 1. The molecule has 0 saturated heterocycles. The Hall–Kier alpha value is -2.01. The average Bonchev–Trinajstić information content (AvgIpc) is 2.66. The van der Waals surface area contributed by atoms with E-state index in [2.05, 4.69) is 4.99 Å². The molecule has 0 atom stereocenters. The van der Waals surface area contributed by atoms with Crippen LogP contribution in [0.4, 0.5) is 9.39 Å². The van der Waals surface area contributed by atoms with Crippen LogP contribution in [0.3, 0.4) is 0 Å². The van der Waals surface area contributed by atoms with Crippen LogP contribution in [0.2, 0.25) is 0 Å². The maximum absolute atomic E-state index is 13.3. The zero-order valence-electron chi connectivity index (χ0n) is 10.2. The standard InChI is InChI=1S/C14H11FN2OS/c1-7-12-10(18)6-11(16)17-14(12)19-13(7)8-3-2-4-9(15)5-8/h2-5H,6H2,1H3,(H2,16,17). The fourth-order valence-electron chi connectivity index (χ4n) is 2.23. The van der Waals surface area contributed by atoms with Crippen molar-refractivity contribution in [3.8, 4) is 10.4 Å². The normalized spacial score (nSPS) is 14.2. The molecule has 1 aromatic heterocycles. The Bertz CT molecular complexity index is 718. The van der Waals surface area contributed by atoms with Crippen molar-refractivity contribution in [2.24, 2.45) is 10.7 Å². The number of rotatable bonds is 1. The Labute approximate surface area is 113 Å². The molecule has 2 N–H and O–H groups in total. The van der Waals surface area contributed by atoms with E-state index in [1.54, 1.807) is 6.07 Å². The van der Waals surface area contributed by atoms with Gasteiger partial charge in [-0.3, -0.25) is 4.79 Å². The molecule has 5 heteroatoms. The zero-order chi connectivity index (χ0) is 13.6. The highest BCUT2D eigenvalue weighted by Gasteiger charge is 2.25. The summed E-state index contributed by atoms with van der Waals surface area (Å²) in [6.07, 6.45) is 0.160. The van der Waals surface area contributed by atoms with Crippen molar-refractivity contribution < 1.29 is 9.18 Å². The van der Waals surface area contributed by atoms with E-state index in [1.807, 2.05) is 13.0 Å². The van der Waals surface area contributed by atoms with Crippen LogP contribution in [0.15, 0.2) is 29.3 Å². The van der Waals surface area contributed by atoms with Gasteiger partial charge >= 0.3 is 0 Å². The van der Waals surface area contributed by atoms with Gasteiger partial charge in [0.1, 0.15) is 16.7 Å². The van der Waals surface area contributed by atoms with Crippen LogP contribution >= 0.6 is 11.3 Å². The molecule has 0 saturated carbocycles. The molecule has 2 aromatic rings. The van der Waals surface area contributed by atoms with Crippen LogP contribution in [0.25, 0.3) is 10.4 Å². The largest absolute Gasteiger partial charge is 0.387 e. The highest BCUT2D eigenvalue weighted by atomic mass is 32.1. The highest BCUT2D eigenvalue weighted by Crippen LogP contribution is 2.43. The lowest BCUT2D eigenvalue weighted by Crippen LogP contribution is -2.20. The smallest absolute Gasteiger partial charge is 0.173 e. The number of ketones is 1. The first-order valence-corrected chi connectivity index (χ1v) is 6.63.